The third-order valence-electron chi connectivity index (χ3n) is 5.80. The third kappa shape index (κ3) is 3.55. The summed E-state index contributed by atoms with van der Waals surface area (Å²) in [5.74, 6) is 0.506. The highest BCUT2D eigenvalue weighted by Crippen LogP contribution is 2.37. The summed E-state index contributed by atoms with van der Waals surface area (Å²) in [5, 5.41) is 5.28. The molecule has 2 aliphatic heterocycles. The lowest BCUT2D eigenvalue weighted by atomic mass is 9.97. The largest absolute Gasteiger partial charge is 0.366 e. The van der Waals surface area contributed by atoms with Crippen LogP contribution < -0.4 is 9.80 Å². The fourth-order valence-electron chi connectivity index (χ4n) is 4.59. The van der Waals surface area contributed by atoms with E-state index in [1.54, 1.807) is 18.2 Å². The van der Waals surface area contributed by atoms with Crippen molar-refractivity contribution in [2.75, 3.05) is 22.9 Å². The highest BCUT2D eigenvalue weighted by molar-refractivity contribution is 6.35. The van der Waals surface area contributed by atoms with Crippen molar-refractivity contribution in [1.82, 2.24) is 15.1 Å². The average molecular weight is 430 g/mol. The van der Waals surface area contributed by atoms with Gasteiger partial charge in [0.1, 0.15) is 0 Å². The Morgan fingerprint density at radius 1 is 1.00 bits per heavy atom. The normalized spacial score (nSPS) is 21.5. The Labute approximate surface area is 179 Å². The number of fused-ring (bicyclic) bond motifs is 1. The molecule has 4 heterocycles. The number of hydrogen-bond acceptors (Lipinski definition) is 6. The molecule has 2 aromatic heterocycles. The molecule has 0 bridgehead atoms. The lowest BCUT2D eigenvalue weighted by Gasteiger charge is -2.39. The summed E-state index contributed by atoms with van der Waals surface area (Å²) in [7, 11) is 0. The number of aryl methyl sites for hydroxylation is 1. The zero-order chi connectivity index (χ0) is 20.0. The Bertz CT molecular complexity index is 1020. The van der Waals surface area contributed by atoms with Crippen LogP contribution in [0.1, 0.15) is 25.0 Å². The second-order valence-corrected chi connectivity index (χ2v) is 8.54. The maximum absolute atomic E-state index is 6.12. The number of pyridine rings is 1. The van der Waals surface area contributed by atoms with Crippen molar-refractivity contribution in [3.8, 4) is 11.4 Å². The summed E-state index contributed by atoms with van der Waals surface area (Å²) in [6.45, 7) is 3.97. The van der Waals surface area contributed by atoms with Gasteiger partial charge in [-0.15, -0.1) is 0 Å². The number of hydrogen-bond donors (Lipinski definition) is 0. The van der Waals surface area contributed by atoms with Crippen LogP contribution in [0.4, 0.5) is 11.7 Å². The SMILES string of the molecule is Cc1cc(N2CCC3C2CCCN3c2nc(-c3cc(Cl)cc(Cl)c3)no2)ccn1. The molecule has 0 aliphatic carbocycles. The van der Waals surface area contributed by atoms with Crippen LogP contribution in [0.2, 0.25) is 10.0 Å². The molecule has 150 valence electrons. The van der Waals surface area contributed by atoms with Gasteiger partial charge in [-0.25, -0.2) is 0 Å². The molecule has 0 N–H and O–H groups in total. The van der Waals surface area contributed by atoms with Crippen LogP contribution in [-0.2, 0) is 0 Å². The van der Waals surface area contributed by atoms with Crippen LogP contribution in [-0.4, -0.2) is 40.3 Å². The van der Waals surface area contributed by atoms with Gasteiger partial charge in [-0.1, -0.05) is 28.4 Å². The van der Waals surface area contributed by atoms with E-state index >= 15 is 0 Å². The van der Waals surface area contributed by atoms with Gasteiger partial charge in [0.2, 0.25) is 5.82 Å². The molecular formula is C21H21Cl2N5O. The summed E-state index contributed by atoms with van der Waals surface area (Å²) < 4.78 is 5.66. The van der Waals surface area contributed by atoms with Crippen LogP contribution in [0.15, 0.2) is 41.1 Å². The van der Waals surface area contributed by atoms with Crippen molar-refractivity contribution in [1.29, 1.82) is 0 Å². The second kappa shape index (κ2) is 7.50. The topological polar surface area (TPSA) is 58.3 Å². The van der Waals surface area contributed by atoms with Gasteiger partial charge >= 0.3 is 6.01 Å². The number of benzene rings is 1. The zero-order valence-electron chi connectivity index (χ0n) is 16.1. The van der Waals surface area contributed by atoms with Crippen LogP contribution in [0.25, 0.3) is 11.4 Å². The van der Waals surface area contributed by atoms with Crippen molar-refractivity contribution >= 4 is 34.9 Å². The smallest absolute Gasteiger partial charge is 0.324 e. The van der Waals surface area contributed by atoms with Crippen molar-refractivity contribution in [2.45, 2.75) is 38.3 Å². The van der Waals surface area contributed by atoms with Gasteiger partial charge in [0.15, 0.2) is 0 Å². The Hall–Kier alpha value is -2.31. The van der Waals surface area contributed by atoms with E-state index in [1.165, 1.54) is 5.69 Å². The first-order chi connectivity index (χ1) is 14.1. The molecule has 3 aromatic rings. The zero-order valence-corrected chi connectivity index (χ0v) is 17.6. The Morgan fingerprint density at radius 2 is 1.79 bits per heavy atom. The van der Waals surface area contributed by atoms with E-state index in [2.05, 4.69) is 37.1 Å². The van der Waals surface area contributed by atoms with E-state index in [0.29, 0.717) is 34.0 Å². The molecule has 0 radical (unpaired) electrons. The van der Waals surface area contributed by atoms with Crippen molar-refractivity contribution in [3.05, 3.63) is 52.3 Å². The predicted octanol–water partition coefficient (Wildman–Crippen LogP) is 4.99. The van der Waals surface area contributed by atoms with Crippen LogP contribution >= 0.6 is 23.2 Å². The number of aromatic nitrogens is 3. The minimum Gasteiger partial charge on any atom is -0.366 e. The number of halogens is 2. The Balaban J connectivity index is 1.41. The van der Waals surface area contributed by atoms with Crippen molar-refractivity contribution in [2.24, 2.45) is 0 Å². The number of nitrogens with zero attached hydrogens (tertiary/aromatic N) is 5. The molecule has 2 aliphatic rings. The van der Waals surface area contributed by atoms with Gasteiger partial charge in [0.25, 0.3) is 0 Å². The van der Waals surface area contributed by atoms with Crippen LogP contribution in [0, 0.1) is 6.92 Å². The summed E-state index contributed by atoms with van der Waals surface area (Å²) in [6, 6.07) is 10.9. The van der Waals surface area contributed by atoms with Gasteiger partial charge in [-0.05, 0) is 56.5 Å². The predicted molar refractivity (Wildman–Crippen MR) is 115 cm³/mol. The standard InChI is InChI=1S/C21H21Cl2N5O/c1-13-9-17(4-6-24-13)27-8-5-19-18(27)3-2-7-28(19)21-25-20(26-29-21)14-10-15(22)12-16(23)11-14/h4,6,9-12,18-19H,2-3,5,7-8H2,1H3. The summed E-state index contributed by atoms with van der Waals surface area (Å²) in [4.78, 5) is 13.8. The fourth-order valence-corrected chi connectivity index (χ4v) is 5.11. The minimum absolute atomic E-state index is 0.355. The molecule has 0 saturated carbocycles. The second-order valence-electron chi connectivity index (χ2n) is 7.67. The number of anilines is 2. The van der Waals surface area contributed by atoms with E-state index in [0.717, 1.165) is 43.6 Å². The Morgan fingerprint density at radius 3 is 2.59 bits per heavy atom. The molecule has 1 aromatic carbocycles. The summed E-state index contributed by atoms with van der Waals surface area (Å²) in [5.41, 5.74) is 3.04. The fraction of sp³-hybridized carbons (Fsp3) is 0.381. The van der Waals surface area contributed by atoms with Crippen molar-refractivity contribution in [3.63, 3.8) is 0 Å². The molecule has 0 spiro atoms. The van der Waals surface area contributed by atoms with E-state index in [-0.39, 0.29) is 0 Å². The quantitative estimate of drug-likeness (QED) is 0.583. The molecule has 29 heavy (non-hydrogen) atoms. The lowest BCUT2D eigenvalue weighted by molar-refractivity contribution is 0.364. The maximum atomic E-state index is 6.12. The van der Waals surface area contributed by atoms with Crippen molar-refractivity contribution < 1.29 is 4.52 Å². The van der Waals surface area contributed by atoms with Gasteiger partial charge in [-0.2, -0.15) is 4.98 Å². The molecule has 2 unspecified atom stereocenters. The molecule has 8 heteroatoms. The van der Waals surface area contributed by atoms with Crippen LogP contribution in [0.5, 0.6) is 0 Å². The molecule has 2 saturated heterocycles. The van der Waals surface area contributed by atoms with Gasteiger partial charge in [-0.3, -0.25) is 4.98 Å². The van der Waals surface area contributed by atoms with E-state index in [9.17, 15) is 0 Å². The number of piperidine rings is 1. The first-order valence-electron chi connectivity index (χ1n) is 9.84. The highest BCUT2D eigenvalue weighted by Gasteiger charge is 2.42. The lowest BCUT2D eigenvalue weighted by Crippen LogP contribution is -2.50. The van der Waals surface area contributed by atoms with Gasteiger partial charge in [0, 0.05) is 52.3 Å². The monoisotopic (exact) mass is 429 g/mol. The molecule has 2 fully saturated rings. The third-order valence-corrected chi connectivity index (χ3v) is 6.24. The first kappa shape index (κ1) is 18.7. The Kier molecular flexibility index (Phi) is 4.84. The first-order valence-corrected chi connectivity index (χ1v) is 10.6. The van der Waals surface area contributed by atoms with E-state index in [1.807, 2.05) is 13.1 Å². The van der Waals surface area contributed by atoms with Gasteiger partial charge < -0.3 is 14.3 Å². The average Bonchev–Trinajstić information content (AvgIpc) is 3.34. The highest BCUT2D eigenvalue weighted by atomic mass is 35.5. The molecule has 5 rings (SSSR count). The molecule has 6 nitrogen and oxygen atoms in total. The van der Waals surface area contributed by atoms with Crippen LogP contribution in [0.3, 0.4) is 0 Å². The molecule has 0 amide bonds. The maximum Gasteiger partial charge on any atom is 0.324 e. The van der Waals surface area contributed by atoms with E-state index in [4.69, 9.17) is 27.7 Å². The molecule has 2 atom stereocenters. The van der Waals surface area contributed by atoms with E-state index < -0.39 is 0 Å². The van der Waals surface area contributed by atoms with Gasteiger partial charge in [0.05, 0.1) is 6.04 Å². The minimum atomic E-state index is 0.355. The number of rotatable bonds is 3. The summed E-state index contributed by atoms with van der Waals surface area (Å²) >= 11 is 12.2. The molecular weight excluding hydrogens is 409 g/mol. The summed E-state index contributed by atoms with van der Waals surface area (Å²) in [6.07, 6.45) is 5.20.